The first-order chi connectivity index (χ1) is 18.6. The summed E-state index contributed by atoms with van der Waals surface area (Å²) in [5.41, 5.74) is 2.99. The van der Waals surface area contributed by atoms with Gasteiger partial charge in [0, 0.05) is 29.5 Å². The van der Waals surface area contributed by atoms with Crippen LogP contribution in [0.2, 0.25) is 0 Å². The molecule has 5 aromatic heterocycles. The van der Waals surface area contributed by atoms with Crippen LogP contribution in [0, 0.1) is 0 Å². The number of rotatable bonds is 7. The third-order valence-corrected chi connectivity index (χ3v) is 7.47. The fourth-order valence-electron chi connectivity index (χ4n) is 5.92. The molecule has 0 aliphatic heterocycles. The summed E-state index contributed by atoms with van der Waals surface area (Å²) in [6.45, 7) is 2.51. The van der Waals surface area contributed by atoms with Gasteiger partial charge in [-0.1, -0.05) is 0 Å². The number of ether oxygens (including phenoxy) is 1. The van der Waals surface area contributed by atoms with Crippen LogP contribution in [0.25, 0.3) is 28.2 Å². The molecule has 3 saturated carbocycles. The molecule has 0 radical (unpaired) electrons. The normalized spacial score (nSPS) is 21.4. The first-order valence-corrected chi connectivity index (χ1v) is 12.6. The number of carbonyl (C=O) groups is 1. The Morgan fingerprint density at radius 1 is 0.974 bits per heavy atom. The lowest BCUT2D eigenvalue weighted by atomic mass is 9.39. The van der Waals surface area contributed by atoms with Crippen molar-refractivity contribution in [1.29, 1.82) is 0 Å². The highest BCUT2D eigenvalue weighted by Crippen LogP contribution is 2.67. The number of nitrogens with zero attached hydrogens (tertiary/aromatic N) is 7. The summed E-state index contributed by atoms with van der Waals surface area (Å²) in [7, 11) is 0. The molecule has 2 bridgehead atoms. The second-order valence-corrected chi connectivity index (χ2v) is 9.98. The van der Waals surface area contributed by atoms with Crippen LogP contribution in [0.4, 0.5) is 0 Å². The molecule has 10 nitrogen and oxygen atoms in total. The third-order valence-electron chi connectivity index (χ3n) is 7.47. The van der Waals surface area contributed by atoms with Crippen molar-refractivity contribution in [3.05, 3.63) is 84.8 Å². The van der Waals surface area contributed by atoms with E-state index in [0.717, 1.165) is 30.8 Å². The lowest BCUT2D eigenvalue weighted by molar-refractivity contribution is -0.0873. The third kappa shape index (κ3) is 3.44. The van der Waals surface area contributed by atoms with Crippen LogP contribution in [0.3, 0.4) is 0 Å². The van der Waals surface area contributed by atoms with E-state index in [0.29, 0.717) is 40.5 Å². The van der Waals surface area contributed by atoms with E-state index in [-0.39, 0.29) is 16.9 Å². The minimum Gasteiger partial charge on any atom is -0.492 e. The lowest BCUT2D eigenvalue weighted by Gasteiger charge is -2.69. The highest BCUT2D eigenvalue weighted by Gasteiger charge is 2.71. The van der Waals surface area contributed by atoms with Gasteiger partial charge in [0.2, 0.25) is 0 Å². The number of fused-ring (bicyclic) bond motifs is 1. The molecule has 1 N–H and O–H groups in total. The van der Waals surface area contributed by atoms with E-state index in [9.17, 15) is 4.79 Å². The van der Waals surface area contributed by atoms with Crippen molar-refractivity contribution >= 4 is 16.9 Å². The monoisotopic (exact) mass is 504 g/mol. The number of amides is 1. The van der Waals surface area contributed by atoms with Gasteiger partial charge in [-0.2, -0.15) is 0 Å². The van der Waals surface area contributed by atoms with Gasteiger partial charge < -0.3 is 10.1 Å². The number of hydrogen-bond donors (Lipinski definition) is 1. The van der Waals surface area contributed by atoms with E-state index in [1.807, 2.05) is 47.9 Å². The molecule has 3 fully saturated rings. The van der Waals surface area contributed by atoms with E-state index in [1.54, 1.807) is 37.1 Å². The van der Waals surface area contributed by atoms with Crippen LogP contribution in [-0.2, 0) is 5.41 Å². The Morgan fingerprint density at radius 3 is 2.61 bits per heavy atom. The van der Waals surface area contributed by atoms with Crippen LogP contribution >= 0.6 is 0 Å². The van der Waals surface area contributed by atoms with Gasteiger partial charge in [0.05, 0.1) is 35.8 Å². The van der Waals surface area contributed by atoms with Crippen molar-refractivity contribution in [3.63, 3.8) is 0 Å². The van der Waals surface area contributed by atoms with Gasteiger partial charge in [-0.3, -0.25) is 24.3 Å². The maximum atomic E-state index is 13.2. The fourth-order valence-corrected chi connectivity index (χ4v) is 5.92. The van der Waals surface area contributed by atoms with Crippen molar-refractivity contribution in [2.45, 2.75) is 37.1 Å². The topological polar surface area (TPSA) is 121 Å². The van der Waals surface area contributed by atoms with E-state index >= 15 is 0 Å². The van der Waals surface area contributed by atoms with Crippen molar-refractivity contribution in [2.75, 3.05) is 6.61 Å². The predicted molar refractivity (Wildman–Crippen MR) is 139 cm³/mol. The maximum absolute atomic E-state index is 13.2. The van der Waals surface area contributed by atoms with Crippen LogP contribution in [0.5, 0.6) is 5.75 Å². The summed E-state index contributed by atoms with van der Waals surface area (Å²) in [6, 6.07) is 13.1. The van der Waals surface area contributed by atoms with Crippen LogP contribution in [-0.4, -0.2) is 52.8 Å². The zero-order valence-corrected chi connectivity index (χ0v) is 20.7. The smallest absolute Gasteiger partial charge is 0.254 e. The SMILES string of the molecule is CCOc1ccc(-c2nnc(C34CC(NC(=O)c5ccnc6cccnc56)(C3)C4)n2-c2cccnc2)nc1. The highest BCUT2D eigenvalue weighted by molar-refractivity contribution is 6.04. The molecule has 10 heteroatoms. The van der Waals surface area contributed by atoms with Gasteiger partial charge in [-0.05, 0) is 68.7 Å². The average Bonchev–Trinajstić information content (AvgIpc) is 3.35. The minimum atomic E-state index is -0.259. The molecule has 0 spiro atoms. The highest BCUT2D eigenvalue weighted by atomic mass is 16.5. The molecule has 3 aliphatic carbocycles. The molecular weight excluding hydrogens is 480 g/mol. The quantitative estimate of drug-likeness (QED) is 0.356. The second-order valence-electron chi connectivity index (χ2n) is 9.98. The van der Waals surface area contributed by atoms with Crippen molar-refractivity contribution < 1.29 is 9.53 Å². The predicted octanol–water partition coefficient (Wildman–Crippen LogP) is 3.67. The molecule has 188 valence electrons. The van der Waals surface area contributed by atoms with Crippen LogP contribution in [0.15, 0.2) is 73.4 Å². The molecule has 0 unspecified atom stereocenters. The Kier molecular flexibility index (Phi) is 4.97. The molecule has 3 aliphatic rings. The summed E-state index contributed by atoms with van der Waals surface area (Å²) in [4.78, 5) is 30.8. The summed E-state index contributed by atoms with van der Waals surface area (Å²) >= 11 is 0. The molecule has 0 aromatic carbocycles. The molecule has 0 saturated heterocycles. The van der Waals surface area contributed by atoms with E-state index in [1.165, 1.54) is 0 Å². The second kappa shape index (κ2) is 8.41. The summed E-state index contributed by atoms with van der Waals surface area (Å²) in [5.74, 6) is 2.09. The average molecular weight is 505 g/mol. The summed E-state index contributed by atoms with van der Waals surface area (Å²) < 4.78 is 7.59. The Morgan fingerprint density at radius 2 is 1.84 bits per heavy atom. The fraction of sp³-hybridized carbons (Fsp3) is 0.250. The Bertz CT molecular complexity index is 1640. The molecule has 5 heterocycles. The number of nitrogens with one attached hydrogen (secondary N) is 1. The summed E-state index contributed by atoms with van der Waals surface area (Å²) in [6.07, 6.45) is 10.9. The lowest BCUT2D eigenvalue weighted by Crippen LogP contribution is -2.77. The molecule has 5 aromatic rings. The summed E-state index contributed by atoms with van der Waals surface area (Å²) in [5, 5.41) is 12.5. The van der Waals surface area contributed by atoms with Gasteiger partial charge in [-0.25, -0.2) is 4.98 Å². The molecule has 8 rings (SSSR count). The van der Waals surface area contributed by atoms with Crippen molar-refractivity contribution in [1.82, 2.24) is 40.0 Å². The maximum Gasteiger partial charge on any atom is 0.254 e. The molecule has 0 atom stereocenters. The molecule has 1 amide bonds. The van der Waals surface area contributed by atoms with Gasteiger partial charge >= 0.3 is 0 Å². The Balaban J connectivity index is 1.17. The largest absolute Gasteiger partial charge is 0.492 e. The molecular formula is C28H24N8O2. The van der Waals surface area contributed by atoms with Gasteiger partial charge in [0.1, 0.15) is 22.8 Å². The van der Waals surface area contributed by atoms with Gasteiger partial charge in [0.25, 0.3) is 5.91 Å². The van der Waals surface area contributed by atoms with E-state index < -0.39 is 0 Å². The number of aromatic nitrogens is 7. The Hall–Kier alpha value is -4.73. The number of pyridine rings is 4. The van der Waals surface area contributed by atoms with Crippen LogP contribution < -0.4 is 10.1 Å². The number of carbonyl (C=O) groups excluding carboxylic acids is 1. The zero-order valence-electron chi connectivity index (χ0n) is 20.7. The van der Waals surface area contributed by atoms with Crippen molar-refractivity contribution in [3.8, 4) is 23.0 Å². The Labute approximate surface area is 218 Å². The van der Waals surface area contributed by atoms with E-state index in [4.69, 9.17) is 4.74 Å². The van der Waals surface area contributed by atoms with Crippen molar-refractivity contribution in [2.24, 2.45) is 0 Å². The first kappa shape index (κ1) is 22.5. The zero-order chi connectivity index (χ0) is 25.7. The minimum absolute atomic E-state index is 0.127. The standard InChI is InChI=1S/C28H24N8O2/c1-2-38-19-7-8-22(32-14-19)24-34-35-26(36(24)18-5-3-10-29-13-18)27-15-28(16-27,17-27)33-25(37)20-9-12-30-21-6-4-11-31-23(20)21/h3-14H,2,15-17H2,1H3,(H,33,37). The van der Waals surface area contributed by atoms with Crippen LogP contribution in [0.1, 0.15) is 42.4 Å². The van der Waals surface area contributed by atoms with Gasteiger partial charge in [-0.15, -0.1) is 10.2 Å². The number of hydrogen-bond acceptors (Lipinski definition) is 8. The molecule has 38 heavy (non-hydrogen) atoms. The van der Waals surface area contributed by atoms with Gasteiger partial charge in [0.15, 0.2) is 5.82 Å². The first-order valence-electron chi connectivity index (χ1n) is 12.6. The van der Waals surface area contributed by atoms with E-state index in [2.05, 4.69) is 35.5 Å².